The first-order valence-corrected chi connectivity index (χ1v) is 9.61. The predicted molar refractivity (Wildman–Crippen MR) is 107 cm³/mol. The smallest absolute Gasteiger partial charge is 0.317 e. The van der Waals surface area contributed by atoms with Crippen molar-refractivity contribution in [3.05, 3.63) is 36.7 Å². The summed E-state index contributed by atoms with van der Waals surface area (Å²) in [5.74, 6) is 2.63. The van der Waals surface area contributed by atoms with Crippen LogP contribution < -0.4 is 19.7 Å². The van der Waals surface area contributed by atoms with Crippen molar-refractivity contribution in [3.8, 4) is 17.4 Å². The Morgan fingerprint density at radius 1 is 1.14 bits per heavy atom. The Balaban J connectivity index is 1.56. The Morgan fingerprint density at radius 3 is 2.68 bits per heavy atom. The van der Waals surface area contributed by atoms with Crippen LogP contribution in [-0.2, 0) is 0 Å². The van der Waals surface area contributed by atoms with Crippen LogP contribution in [0.5, 0.6) is 17.4 Å². The lowest BCUT2D eigenvalue weighted by Crippen LogP contribution is -2.52. The molecule has 1 aliphatic rings. The van der Waals surface area contributed by atoms with Gasteiger partial charge in [-0.2, -0.15) is 0 Å². The Morgan fingerprint density at radius 2 is 1.93 bits per heavy atom. The van der Waals surface area contributed by atoms with Crippen molar-refractivity contribution in [2.45, 2.75) is 19.8 Å². The van der Waals surface area contributed by atoms with Crippen molar-refractivity contribution in [2.24, 2.45) is 0 Å². The number of anilines is 1. The maximum absolute atomic E-state index is 12.2. The number of benzene rings is 1. The molecule has 8 heteroatoms. The normalized spacial score (nSPS) is 13.9. The zero-order valence-corrected chi connectivity index (χ0v) is 16.4. The van der Waals surface area contributed by atoms with Gasteiger partial charge < -0.3 is 24.6 Å². The maximum Gasteiger partial charge on any atom is 0.317 e. The summed E-state index contributed by atoms with van der Waals surface area (Å²) in [6, 6.07) is 9.20. The molecule has 1 aliphatic heterocycles. The molecule has 3 rings (SSSR count). The number of nitrogens with one attached hydrogen (secondary N) is 1. The fourth-order valence-electron chi connectivity index (χ4n) is 2.97. The Labute approximate surface area is 165 Å². The number of hydrogen-bond acceptors (Lipinski definition) is 6. The van der Waals surface area contributed by atoms with E-state index < -0.39 is 0 Å². The molecular weight excluding hydrogens is 358 g/mol. The van der Waals surface area contributed by atoms with Gasteiger partial charge in [0.25, 0.3) is 0 Å². The molecule has 28 heavy (non-hydrogen) atoms. The third-order valence-corrected chi connectivity index (χ3v) is 4.59. The van der Waals surface area contributed by atoms with Crippen LogP contribution in [0.3, 0.4) is 0 Å². The van der Waals surface area contributed by atoms with Crippen molar-refractivity contribution in [1.29, 1.82) is 0 Å². The standard InChI is InChI=1S/C20H27N5O3/c1-3-4-8-21-20(26)25-11-9-24(10-12-25)18-14-19(23-15-22-18)28-17-7-5-6-16(13-17)27-2/h5-7,13-15H,3-4,8-12H2,1-2H3,(H,21,26). The van der Waals surface area contributed by atoms with E-state index in [2.05, 4.69) is 27.1 Å². The van der Waals surface area contributed by atoms with E-state index in [1.807, 2.05) is 29.2 Å². The van der Waals surface area contributed by atoms with Crippen molar-refractivity contribution in [3.63, 3.8) is 0 Å². The molecule has 1 N–H and O–H groups in total. The molecule has 0 radical (unpaired) electrons. The average molecular weight is 385 g/mol. The van der Waals surface area contributed by atoms with Crippen LogP contribution in [0, 0.1) is 0 Å². The highest BCUT2D eigenvalue weighted by Gasteiger charge is 2.22. The fraction of sp³-hybridized carbons (Fsp3) is 0.450. The number of amides is 2. The number of urea groups is 1. The van der Waals surface area contributed by atoms with Crippen LogP contribution >= 0.6 is 0 Å². The lowest BCUT2D eigenvalue weighted by molar-refractivity contribution is 0.194. The minimum Gasteiger partial charge on any atom is -0.497 e. The second kappa shape index (κ2) is 9.77. The van der Waals surface area contributed by atoms with Gasteiger partial charge in [-0.15, -0.1) is 0 Å². The van der Waals surface area contributed by atoms with Gasteiger partial charge in [0.2, 0.25) is 5.88 Å². The van der Waals surface area contributed by atoms with Crippen molar-refractivity contribution in [2.75, 3.05) is 44.7 Å². The van der Waals surface area contributed by atoms with Crippen molar-refractivity contribution < 1.29 is 14.3 Å². The zero-order chi connectivity index (χ0) is 19.8. The molecule has 2 heterocycles. The van der Waals surface area contributed by atoms with Crippen molar-refractivity contribution in [1.82, 2.24) is 20.2 Å². The zero-order valence-electron chi connectivity index (χ0n) is 16.4. The first-order valence-electron chi connectivity index (χ1n) is 9.61. The van der Waals surface area contributed by atoms with E-state index in [1.54, 1.807) is 13.2 Å². The van der Waals surface area contributed by atoms with Crippen LogP contribution in [-0.4, -0.2) is 60.7 Å². The molecule has 1 aromatic heterocycles. The average Bonchev–Trinajstić information content (AvgIpc) is 2.74. The number of piperazine rings is 1. The number of nitrogens with zero attached hydrogens (tertiary/aromatic N) is 4. The van der Waals surface area contributed by atoms with Crippen LogP contribution in [0.4, 0.5) is 10.6 Å². The van der Waals surface area contributed by atoms with Gasteiger partial charge in [-0.05, 0) is 18.6 Å². The highest BCUT2D eigenvalue weighted by molar-refractivity contribution is 5.74. The Bertz CT molecular complexity index is 778. The summed E-state index contributed by atoms with van der Waals surface area (Å²) in [4.78, 5) is 24.7. The monoisotopic (exact) mass is 385 g/mol. The summed E-state index contributed by atoms with van der Waals surface area (Å²) in [6.07, 6.45) is 3.57. The van der Waals surface area contributed by atoms with Gasteiger partial charge in [0, 0.05) is 44.9 Å². The fourth-order valence-corrected chi connectivity index (χ4v) is 2.97. The molecule has 0 spiro atoms. The van der Waals surface area contributed by atoms with Gasteiger partial charge in [-0.25, -0.2) is 14.8 Å². The SMILES string of the molecule is CCCCNC(=O)N1CCN(c2cc(Oc3cccc(OC)c3)ncn2)CC1. The Kier molecular flexibility index (Phi) is 6.89. The molecule has 1 aromatic carbocycles. The number of ether oxygens (including phenoxy) is 2. The van der Waals surface area contributed by atoms with Gasteiger partial charge in [-0.1, -0.05) is 19.4 Å². The molecule has 2 aromatic rings. The molecule has 0 bridgehead atoms. The molecular formula is C20H27N5O3. The number of methoxy groups -OCH3 is 1. The molecule has 0 atom stereocenters. The molecule has 0 aliphatic carbocycles. The largest absolute Gasteiger partial charge is 0.497 e. The summed E-state index contributed by atoms with van der Waals surface area (Å²) in [5, 5.41) is 2.97. The maximum atomic E-state index is 12.2. The summed E-state index contributed by atoms with van der Waals surface area (Å²) in [6.45, 7) is 5.60. The first kappa shape index (κ1) is 19.7. The molecule has 2 amide bonds. The summed E-state index contributed by atoms with van der Waals surface area (Å²) in [5.41, 5.74) is 0. The van der Waals surface area contributed by atoms with E-state index in [9.17, 15) is 4.79 Å². The number of hydrogen-bond donors (Lipinski definition) is 1. The van der Waals surface area contributed by atoms with E-state index in [0.717, 1.165) is 44.0 Å². The van der Waals surface area contributed by atoms with Gasteiger partial charge in [0.05, 0.1) is 7.11 Å². The quantitative estimate of drug-likeness (QED) is 0.738. The number of carbonyl (C=O) groups is 1. The summed E-state index contributed by atoms with van der Waals surface area (Å²) >= 11 is 0. The number of unbranched alkanes of at least 4 members (excludes halogenated alkanes) is 1. The van der Waals surface area contributed by atoms with Crippen LogP contribution in [0.15, 0.2) is 36.7 Å². The van der Waals surface area contributed by atoms with E-state index in [4.69, 9.17) is 9.47 Å². The second-order valence-electron chi connectivity index (χ2n) is 6.56. The summed E-state index contributed by atoms with van der Waals surface area (Å²) in [7, 11) is 1.62. The molecule has 0 saturated carbocycles. The van der Waals surface area contributed by atoms with E-state index in [1.165, 1.54) is 6.33 Å². The highest BCUT2D eigenvalue weighted by Crippen LogP contribution is 2.25. The van der Waals surface area contributed by atoms with Gasteiger partial charge in [0.1, 0.15) is 23.6 Å². The second-order valence-corrected chi connectivity index (χ2v) is 6.56. The van der Waals surface area contributed by atoms with E-state index in [-0.39, 0.29) is 6.03 Å². The minimum atomic E-state index is 0.0119. The van der Waals surface area contributed by atoms with Gasteiger partial charge in [-0.3, -0.25) is 0 Å². The lowest BCUT2D eigenvalue weighted by Gasteiger charge is -2.35. The lowest BCUT2D eigenvalue weighted by atomic mass is 10.3. The van der Waals surface area contributed by atoms with Crippen LogP contribution in [0.1, 0.15) is 19.8 Å². The first-order chi connectivity index (χ1) is 13.7. The number of aromatic nitrogens is 2. The van der Waals surface area contributed by atoms with E-state index >= 15 is 0 Å². The topological polar surface area (TPSA) is 79.8 Å². The molecule has 1 fully saturated rings. The van der Waals surface area contributed by atoms with E-state index in [0.29, 0.717) is 24.7 Å². The van der Waals surface area contributed by atoms with Crippen LogP contribution in [0.2, 0.25) is 0 Å². The summed E-state index contributed by atoms with van der Waals surface area (Å²) < 4.78 is 11.0. The number of carbonyl (C=O) groups excluding carboxylic acids is 1. The molecule has 8 nitrogen and oxygen atoms in total. The highest BCUT2D eigenvalue weighted by atomic mass is 16.5. The third kappa shape index (κ3) is 5.25. The predicted octanol–water partition coefficient (Wildman–Crippen LogP) is 2.91. The minimum absolute atomic E-state index is 0.0119. The third-order valence-electron chi connectivity index (χ3n) is 4.59. The van der Waals surface area contributed by atoms with Gasteiger partial charge in [0.15, 0.2) is 0 Å². The van der Waals surface area contributed by atoms with Gasteiger partial charge >= 0.3 is 6.03 Å². The van der Waals surface area contributed by atoms with Crippen molar-refractivity contribution >= 4 is 11.8 Å². The van der Waals surface area contributed by atoms with Crippen LogP contribution in [0.25, 0.3) is 0 Å². The Hall–Kier alpha value is -3.03. The molecule has 1 saturated heterocycles. The molecule has 0 unspecified atom stereocenters. The molecule has 150 valence electrons. The number of rotatable bonds is 7.